The lowest BCUT2D eigenvalue weighted by Gasteiger charge is -2.14. The standard InChI is InChI=1S/C13H15F3O5S/c1-2-9(8-12(17)18)6-10-4-3-5-11(7-10)21-22(19,20)13(14,15)16/h3-5,7,9H,2,6,8H2,1H3,(H,17,18)/t9-/m1/s1. The molecule has 0 aliphatic heterocycles. The molecule has 0 aromatic heterocycles. The molecule has 0 saturated heterocycles. The Labute approximate surface area is 125 Å². The van der Waals surface area contributed by atoms with Crippen LogP contribution in [-0.4, -0.2) is 25.0 Å². The van der Waals surface area contributed by atoms with Gasteiger partial charge in [0.15, 0.2) is 0 Å². The Balaban J connectivity index is 2.89. The quantitative estimate of drug-likeness (QED) is 0.610. The smallest absolute Gasteiger partial charge is 0.481 e. The van der Waals surface area contributed by atoms with E-state index in [1.165, 1.54) is 6.07 Å². The van der Waals surface area contributed by atoms with Gasteiger partial charge in [0.1, 0.15) is 5.75 Å². The summed E-state index contributed by atoms with van der Waals surface area (Å²) in [5.41, 5.74) is -5.00. The maximum absolute atomic E-state index is 12.2. The van der Waals surface area contributed by atoms with E-state index in [1.807, 2.05) is 0 Å². The summed E-state index contributed by atoms with van der Waals surface area (Å²) in [5.74, 6) is -1.63. The van der Waals surface area contributed by atoms with Crippen LogP contribution in [0.2, 0.25) is 0 Å². The number of carboxylic acids is 1. The van der Waals surface area contributed by atoms with Gasteiger partial charge in [-0.15, -0.1) is 0 Å². The van der Waals surface area contributed by atoms with Gasteiger partial charge in [0.25, 0.3) is 0 Å². The molecule has 5 nitrogen and oxygen atoms in total. The first-order chi connectivity index (χ1) is 10.0. The summed E-state index contributed by atoms with van der Waals surface area (Å²) in [6.07, 6.45) is 0.784. The summed E-state index contributed by atoms with van der Waals surface area (Å²) >= 11 is 0. The van der Waals surface area contributed by atoms with Crippen LogP contribution in [-0.2, 0) is 21.3 Å². The molecule has 0 amide bonds. The third-order valence-corrected chi connectivity index (χ3v) is 3.93. The minimum atomic E-state index is -5.71. The fourth-order valence-corrected chi connectivity index (χ4v) is 2.29. The molecule has 0 spiro atoms. The Hall–Kier alpha value is -1.77. The van der Waals surface area contributed by atoms with Gasteiger partial charge in [0.05, 0.1) is 0 Å². The highest BCUT2D eigenvalue weighted by molar-refractivity contribution is 7.87. The Kier molecular flexibility index (Phi) is 5.81. The van der Waals surface area contributed by atoms with Gasteiger partial charge >= 0.3 is 21.6 Å². The monoisotopic (exact) mass is 340 g/mol. The Bertz CT molecular complexity index is 625. The third-order valence-electron chi connectivity index (χ3n) is 2.95. The van der Waals surface area contributed by atoms with Crippen LogP contribution in [0.4, 0.5) is 13.2 Å². The molecule has 1 atom stereocenters. The average Bonchev–Trinajstić information content (AvgIpc) is 2.35. The Morgan fingerprint density at radius 1 is 1.36 bits per heavy atom. The molecule has 1 aromatic rings. The molecule has 0 fully saturated rings. The van der Waals surface area contributed by atoms with Crippen molar-refractivity contribution in [2.75, 3.05) is 0 Å². The molecule has 0 unspecified atom stereocenters. The fraction of sp³-hybridized carbons (Fsp3) is 0.462. The van der Waals surface area contributed by atoms with Crippen LogP contribution in [0.25, 0.3) is 0 Å². The Morgan fingerprint density at radius 3 is 2.50 bits per heavy atom. The number of rotatable bonds is 7. The molecular formula is C13H15F3O5S. The van der Waals surface area contributed by atoms with Crippen LogP contribution in [0.5, 0.6) is 5.75 Å². The molecule has 9 heteroatoms. The Morgan fingerprint density at radius 2 is 2.00 bits per heavy atom. The third kappa shape index (κ3) is 5.21. The molecule has 0 aliphatic rings. The maximum Gasteiger partial charge on any atom is 0.534 e. The molecule has 0 saturated carbocycles. The average molecular weight is 340 g/mol. The zero-order valence-electron chi connectivity index (χ0n) is 11.6. The van der Waals surface area contributed by atoms with Crippen molar-refractivity contribution in [3.05, 3.63) is 29.8 Å². The molecule has 22 heavy (non-hydrogen) atoms. The first kappa shape index (κ1) is 18.3. The molecule has 1 rings (SSSR count). The number of aliphatic carboxylic acids is 1. The number of halogens is 3. The minimum absolute atomic E-state index is 0.0809. The highest BCUT2D eigenvalue weighted by Crippen LogP contribution is 2.28. The zero-order valence-corrected chi connectivity index (χ0v) is 12.4. The summed E-state index contributed by atoms with van der Waals surface area (Å²) in [7, 11) is -5.71. The number of carbonyl (C=O) groups is 1. The van der Waals surface area contributed by atoms with Gasteiger partial charge in [0, 0.05) is 6.42 Å². The van der Waals surface area contributed by atoms with E-state index in [2.05, 4.69) is 4.18 Å². The lowest BCUT2D eigenvalue weighted by molar-refractivity contribution is -0.138. The molecule has 0 radical (unpaired) electrons. The van der Waals surface area contributed by atoms with E-state index in [-0.39, 0.29) is 12.3 Å². The highest BCUT2D eigenvalue weighted by Gasteiger charge is 2.48. The molecule has 0 heterocycles. The van der Waals surface area contributed by atoms with Crippen molar-refractivity contribution in [1.82, 2.24) is 0 Å². The van der Waals surface area contributed by atoms with Crippen LogP contribution in [0.3, 0.4) is 0 Å². The number of alkyl halides is 3. The van der Waals surface area contributed by atoms with Crippen molar-refractivity contribution >= 4 is 16.1 Å². The number of carboxylic acid groups (broad SMARTS) is 1. The summed E-state index contributed by atoms with van der Waals surface area (Å²) in [5, 5.41) is 8.76. The SMILES string of the molecule is CC[C@@H](CC(=O)O)Cc1cccc(OS(=O)(=O)C(F)(F)F)c1. The summed E-state index contributed by atoms with van der Waals surface area (Å²) in [4.78, 5) is 10.7. The molecule has 1 N–H and O–H groups in total. The second kappa shape index (κ2) is 6.99. The normalized spacial score (nSPS) is 13.6. The van der Waals surface area contributed by atoms with E-state index in [0.29, 0.717) is 18.4 Å². The van der Waals surface area contributed by atoms with Crippen molar-refractivity contribution in [3.63, 3.8) is 0 Å². The van der Waals surface area contributed by atoms with E-state index in [1.54, 1.807) is 13.0 Å². The molecular weight excluding hydrogens is 325 g/mol. The first-order valence-corrected chi connectivity index (χ1v) is 7.77. The van der Waals surface area contributed by atoms with Gasteiger partial charge in [-0.3, -0.25) is 4.79 Å². The van der Waals surface area contributed by atoms with E-state index in [0.717, 1.165) is 12.1 Å². The highest BCUT2D eigenvalue weighted by atomic mass is 32.2. The van der Waals surface area contributed by atoms with Crippen molar-refractivity contribution in [2.45, 2.75) is 31.7 Å². The number of hydrogen-bond donors (Lipinski definition) is 1. The minimum Gasteiger partial charge on any atom is -0.481 e. The topological polar surface area (TPSA) is 80.7 Å². The predicted octanol–water partition coefficient (Wildman–Crippen LogP) is 2.96. The lowest BCUT2D eigenvalue weighted by atomic mass is 9.94. The molecule has 1 aromatic carbocycles. The van der Waals surface area contributed by atoms with E-state index in [4.69, 9.17) is 5.11 Å². The second-order valence-electron chi connectivity index (χ2n) is 4.71. The first-order valence-electron chi connectivity index (χ1n) is 6.36. The van der Waals surface area contributed by atoms with Gasteiger partial charge in [-0.25, -0.2) is 0 Å². The van der Waals surface area contributed by atoms with Crippen molar-refractivity contribution in [3.8, 4) is 5.75 Å². The van der Waals surface area contributed by atoms with Crippen LogP contribution < -0.4 is 4.18 Å². The van der Waals surface area contributed by atoms with Crippen molar-refractivity contribution in [1.29, 1.82) is 0 Å². The zero-order chi connectivity index (χ0) is 17.0. The number of hydrogen-bond acceptors (Lipinski definition) is 4. The van der Waals surface area contributed by atoms with Gasteiger partial charge in [-0.1, -0.05) is 25.5 Å². The molecule has 0 aliphatic carbocycles. The summed E-state index contributed by atoms with van der Waals surface area (Å²) in [6.45, 7) is 1.79. The maximum atomic E-state index is 12.2. The largest absolute Gasteiger partial charge is 0.534 e. The van der Waals surface area contributed by atoms with E-state index >= 15 is 0 Å². The van der Waals surface area contributed by atoms with E-state index in [9.17, 15) is 26.4 Å². The van der Waals surface area contributed by atoms with Crippen LogP contribution in [0.1, 0.15) is 25.3 Å². The van der Waals surface area contributed by atoms with Gasteiger partial charge in [-0.2, -0.15) is 21.6 Å². The van der Waals surface area contributed by atoms with Crippen LogP contribution in [0, 0.1) is 5.92 Å². The van der Waals surface area contributed by atoms with Crippen LogP contribution >= 0.6 is 0 Å². The second-order valence-corrected chi connectivity index (χ2v) is 6.24. The van der Waals surface area contributed by atoms with E-state index < -0.39 is 27.3 Å². The molecule has 0 bridgehead atoms. The van der Waals surface area contributed by atoms with Crippen LogP contribution in [0.15, 0.2) is 24.3 Å². The predicted molar refractivity (Wildman–Crippen MR) is 71.8 cm³/mol. The van der Waals surface area contributed by atoms with Gasteiger partial charge < -0.3 is 9.29 Å². The van der Waals surface area contributed by atoms with Gasteiger partial charge in [-0.05, 0) is 30.0 Å². The van der Waals surface area contributed by atoms with Crippen molar-refractivity contribution < 1.29 is 35.7 Å². The molecule has 124 valence electrons. The lowest BCUT2D eigenvalue weighted by Crippen LogP contribution is -2.28. The summed E-state index contributed by atoms with van der Waals surface area (Å²) < 4.78 is 62.6. The van der Waals surface area contributed by atoms with Crippen molar-refractivity contribution in [2.24, 2.45) is 5.92 Å². The number of benzene rings is 1. The fourth-order valence-electron chi connectivity index (χ4n) is 1.84. The van der Waals surface area contributed by atoms with Gasteiger partial charge in [0.2, 0.25) is 0 Å². The summed E-state index contributed by atoms with van der Waals surface area (Å²) in [6, 6.07) is 5.17.